The van der Waals surface area contributed by atoms with Gasteiger partial charge in [0.25, 0.3) is 0 Å². The van der Waals surface area contributed by atoms with Crippen LogP contribution < -0.4 is 32.3 Å². The first-order chi connectivity index (χ1) is 24.9. The minimum Gasteiger partial charge on any atom is -0.343 e. The molecule has 0 radical (unpaired) electrons. The molecular weight excluding hydrogens is 658 g/mol. The minimum atomic E-state index is -1.10. The van der Waals surface area contributed by atoms with E-state index >= 15 is 0 Å². The van der Waals surface area contributed by atoms with Crippen LogP contribution in [-0.4, -0.2) is 71.3 Å². The van der Waals surface area contributed by atoms with Crippen molar-refractivity contribution in [2.45, 2.75) is 96.4 Å². The van der Waals surface area contributed by atoms with Crippen molar-refractivity contribution < 1.29 is 24.0 Å². The molecular formula is C40H53N7O5. The van der Waals surface area contributed by atoms with Crippen molar-refractivity contribution in [3.63, 3.8) is 0 Å². The van der Waals surface area contributed by atoms with E-state index in [-0.39, 0.29) is 31.1 Å². The van der Waals surface area contributed by atoms with Crippen LogP contribution in [0.1, 0.15) is 64.5 Å². The number of hydrogen-bond acceptors (Lipinski definition) is 7. The smallest absolute Gasteiger partial charge is 0.243 e. The second kappa shape index (κ2) is 19.5. The molecule has 1 aromatic heterocycles. The highest BCUT2D eigenvalue weighted by atomic mass is 16.2. The highest BCUT2D eigenvalue weighted by Crippen LogP contribution is 2.20. The molecule has 278 valence electrons. The molecule has 5 atom stereocenters. The third-order valence-corrected chi connectivity index (χ3v) is 9.10. The second-order valence-corrected chi connectivity index (χ2v) is 14.2. The number of benzene rings is 2. The molecule has 0 bridgehead atoms. The Morgan fingerprint density at radius 2 is 1.15 bits per heavy atom. The summed E-state index contributed by atoms with van der Waals surface area (Å²) in [4.78, 5) is 74.0. The van der Waals surface area contributed by atoms with Crippen LogP contribution in [0.15, 0.2) is 79.1 Å². The van der Waals surface area contributed by atoms with Gasteiger partial charge in [0.2, 0.25) is 29.5 Å². The molecule has 7 N–H and O–H groups in total. The number of nitrogens with zero attached hydrogens (tertiary/aromatic N) is 1. The Hall–Kier alpha value is -5.10. The van der Waals surface area contributed by atoms with Gasteiger partial charge < -0.3 is 32.3 Å². The van der Waals surface area contributed by atoms with Gasteiger partial charge in [0.1, 0.15) is 30.2 Å². The van der Waals surface area contributed by atoms with Crippen molar-refractivity contribution in [3.05, 3.63) is 90.3 Å². The van der Waals surface area contributed by atoms with Gasteiger partial charge in [-0.15, -0.1) is 0 Å². The van der Waals surface area contributed by atoms with Crippen LogP contribution in [0.2, 0.25) is 0 Å². The van der Waals surface area contributed by atoms with Gasteiger partial charge in [0, 0.05) is 25.2 Å². The van der Waals surface area contributed by atoms with Crippen molar-refractivity contribution in [2.24, 2.45) is 17.6 Å². The van der Waals surface area contributed by atoms with E-state index in [1.807, 2.05) is 80.6 Å². The van der Waals surface area contributed by atoms with E-state index in [2.05, 4.69) is 31.6 Å². The Bertz CT molecular complexity index is 1630. The average molecular weight is 712 g/mol. The number of unbranched alkanes of at least 4 members (excludes halogenated alkanes) is 1. The standard InChI is InChI=1S/C40H53N7O5/c1-25(2)21-32-39(51)47-35(26(3)4)40(52)46-34(23-28-15-17-29(18-16-28)30-13-10-20-42-24-30)38(50)45-33(22-27-11-6-5-7-12-27)37(49)43-31(36(48)44-32)14-8-9-19-41/h5-7,10-13,15-18,20,24-26,31-35H,8-9,14,19,21-23,41H2,1-4H3,(H,43,49)(H,44,48)(H,45,50)(H,46,52)(H,47,51)/t31-,32-,33-,34-,35-/m1/s1. The lowest BCUT2D eigenvalue weighted by Gasteiger charge is -2.28. The zero-order chi connectivity index (χ0) is 37.6. The fourth-order valence-electron chi connectivity index (χ4n) is 6.20. The number of carbonyl (C=O) groups excluding carboxylic acids is 5. The van der Waals surface area contributed by atoms with Crippen LogP contribution in [0.25, 0.3) is 11.1 Å². The number of nitrogens with two attached hydrogens (primary N) is 1. The molecule has 0 aliphatic carbocycles. The van der Waals surface area contributed by atoms with Crippen LogP contribution in [-0.2, 0) is 36.8 Å². The summed E-state index contributed by atoms with van der Waals surface area (Å²) >= 11 is 0. The summed E-state index contributed by atoms with van der Waals surface area (Å²) in [5, 5.41) is 14.3. The number of amides is 5. The molecule has 3 aromatic rings. The molecule has 0 unspecified atom stereocenters. The van der Waals surface area contributed by atoms with E-state index in [9.17, 15) is 24.0 Å². The molecule has 5 amide bonds. The van der Waals surface area contributed by atoms with Crippen LogP contribution in [0.4, 0.5) is 0 Å². The molecule has 1 fully saturated rings. The zero-order valence-electron chi connectivity index (χ0n) is 30.6. The average Bonchev–Trinajstić information content (AvgIpc) is 3.12. The Morgan fingerprint density at radius 1 is 0.596 bits per heavy atom. The quantitative estimate of drug-likeness (QED) is 0.156. The number of carbonyl (C=O) groups is 5. The Labute approximate surface area is 306 Å². The van der Waals surface area contributed by atoms with E-state index in [0.29, 0.717) is 25.8 Å². The molecule has 1 aliphatic rings. The maximum absolute atomic E-state index is 14.2. The molecule has 52 heavy (non-hydrogen) atoms. The minimum absolute atomic E-state index is 0.0285. The van der Waals surface area contributed by atoms with Crippen molar-refractivity contribution in [1.82, 2.24) is 31.6 Å². The monoisotopic (exact) mass is 711 g/mol. The van der Waals surface area contributed by atoms with E-state index in [4.69, 9.17) is 5.73 Å². The van der Waals surface area contributed by atoms with Crippen molar-refractivity contribution in [2.75, 3.05) is 6.54 Å². The molecule has 12 heteroatoms. The SMILES string of the molecule is CC(C)C[C@H]1NC(=O)[C@@H](CCCCN)NC(=O)[C@@H](Cc2ccccc2)NC(=O)[C@@H](Cc2ccc(-c3cccnc3)cc2)NC(=O)[C@@H](C(C)C)NC1=O. The summed E-state index contributed by atoms with van der Waals surface area (Å²) < 4.78 is 0. The van der Waals surface area contributed by atoms with E-state index in [1.54, 1.807) is 26.2 Å². The molecule has 1 saturated heterocycles. The Kier molecular flexibility index (Phi) is 14.9. The van der Waals surface area contributed by atoms with Crippen LogP contribution >= 0.6 is 0 Å². The summed E-state index contributed by atoms with van der Waals surface area (Å²) in [5.41, 5.74) is 9.18. The number of hydrogen-bond donors (Lipinski definition) is 6. The molecule has 0 saturated carbocycles. The number of rotatable bonds is 12. The first-order valence-corrected chi connectivity index (χ1v) is 18.2. The lowest BCUT2D eigenvalue weighted by molar-refractivity contribution is -0.135. The molecule has 2 aromatic carbocycles. The lowest BCUT2D eigenvalue weighted by Crippen LogP contribution is -2.59. The highest BCUT2D eigenvalue weighted by Gasteiger charge is 2.35. The van der Waals surface area contributed by atoms with Crippen LogP contribution in [0.5, 0.6) is 0 Å². The first-order valence-electron chi connectivity index (χ1n) is 18.2. The predicted octanol–water partition coefficient (Wildman–Crippen LogP) is 2.80. The Morgan fingerprint density at radius 3 is 1.73 bits per heavy atom. The van der Waals surface area contributed by atoms with E-state index in [1.165, 1.54) is 0 Å². The predicted molar refractivity (Wildman–Crippen MR) is 200 cm³/mol. The highest BCUT2D eigenvalue weighted by molar-refractivity contribution is 5.98. The molecule has 1 aliphatic heterocycles. The maximum atomic E-state index is 14.2. The van der Waals surface area contributed by atoms with Crippen molar-refractivity contribution in [1.29, 1.82) is 0 Å². The van der Waals surface area contributed by atoms with Crippen LogP contribution in [0, 0.1) is 11.8 Å². The number of nitrogens with one attached hydrogen (secondary N) is 5. The molecule has 0 spiro atoms. The van der Waals surface area contributed by atoms with Crippen molar-refractivity contribution in [3.8, 4) is 11.1 Å². The lowest BCUT2D eigenvalue weighted by atomic mass is 9.98. The molecule has 12 nitrogen and oxygen atoms in total. The fraction of sp³-hybridized carbons (Fsp3) is 0.450. The fourth-order valence-corrected chi connectivity index (χ4v) is 6.20. The van der Waals surface area contributed by atoms with Gasteiger partial charge in [0.05, 0.1) is 0 Å². The second-order valence-electron chi connectivity index (χ2n) is 14.2. The number of aromatic nitrogens is 1. The van der Waals surface area contributed by atoms with Crippen LogP contribution in [0.3, 0.4) is 0 Å². The number of pyridine rings is 1. The van der Waals surface area contributed by atoms with Gasteiger partial charge >= 0.3 is 0 Å². The third kappa shape index (κ3) is 11.7. The summed E-state index contributed by atoms with van der Waals surface area (Å²) in [6.07, 6.45) is 5.49. The van der Waals surface area contributed by atoms with E-state index < -0.39 is 59.7 Å². The zero-order valence-corrected chi connectivity index (χ0v) is 30.6. The maximum Gasteiger partial charge on any atom is 0.243 e. The summed E-state index contributed by atoms with van der Waals surface area (Å²) in [7, 11) is 0. The van der Waals surface area contributed by atoms with E-state index in [0.717, 1.165) is 22.3 Å². The summed E-state index contributed by atoms with van der Waals surface area (Å²) in [5.74, 6) is -3.06. The normalized spacial score (nSPS) is 22.1. The van der Waals surface area contributed by atoms with Gasteiger partial charge in [-0.25, -0.2) is 0 Å². The molecule has 4 rings (SSSR count). The van der Waals surface area contributed by atoms with Gasteiger partial charge in [-0.3, -0.25) is 29.0 Å². The Balaban J connectivity index is 1.73. The van der Waals surface area contributed by atoms with Gasteiger partial charge in [-0.2, -0.15) is 0 Å². The van der Waals surface area contributed by atoms with Gasteiger partial charge in [-0.05, 0) is 72.4 Å². The molecule has 2 heterocycles. The third-order valence-electron chi connectivity index (χ3n) is 9.10. The van der Waals surface area contributed by atoms with Gasteiger partial charge in [-0.1, -0.05) is 88.4 Å². The first kappa shape index (κ1) is 39.7. The van der Waals surface area contributed by atoms with Gasteiger partial charge in [0.15, 0.2) is 0 Å². The largest absolute Gasteiger partial charge is 0.343 e. The topological polar surface area (TPSA) is 184 Å². The van der Waals surface area contributed by atoms with Crippen molar-refractivity contribution >= 4 is 29.5 Å². The summed E-state index contributed by atoms with van der Waals surface area (Å²) in [6, 6.07) is 15.5. The summed E-state index contributed by atoms with van der Waals surface area (Å²) in [6.45, 7) is 7.88.